The third kappa shape index (κ3) is 16.2. The summed E-state index contributed by atoms with van der Waals surface area (Å²) >= 11 is 0. The number of ether oxygens (including phenoxy) is 1. The SMILES string of the molecule is CC.COCCCCNC(C)=O.[HH]. The molecule has 76 valence electrons. The first-order valence-corrected chi connectivity index (χ1v) is 4.50. The monoisotopic (exact) mass is 177 g/mol. The van der Waals surface area contributed by atoms with Gasteiger partial charge in [0.2, 0.25) is 5.91 Å². The van der Waals surface area contributed by atoms with Crippen LogP contribution in [0.4, 0.5) is 0 Å². The fourth-order valence-electron chi connectivity index (χ4n) is 0.636. The molecular formula is C9H23NO2. The Morgan fingerprint density at radius 3 is 2.42 bits per heavy atom. The Kier molecular flexibility index (Phi) is 15.2. The van der Waals surface area contributed by atoms with E-state index in [4.69, 9.17) is 4.74 Å². The number of unbranched alkanes of at least 4 members (excludes halogenated alkanes) is 1. The Balaban J connectivity index is -0.000000309. The van der Waals surface area contributed by atoms with Crippen LogP contribution in [0, 0.1) is 0 Å². The minimum atomic E-state index is 0. The molecule has 1 amide bonds. The van der Waals surface area contributed by atoms with Gasteiger partial charge in [0.25, 0.3) is 0 Å². The second-order valence-electron chi connectivity index (χ2n) is 2.18. The molecule has 0 aliphatic rings. The highest BCUT2D eigenvalue weighted by molar-refractivity contribution is 5.72. The van der Waals surface area contributed by atoms with Crippen molar-refractivity contribution in [3.05, 3.63) is 0 Å². The quantitative estimate of drug-likeness (QED) is 0.650. The summed E-state index contributed by atoms with van der Waals surface area (Å²) in [5.74, 6) is 0.0393. The van der Waals surface area contributed by atoms with Crippen molar-refractivity contribution in [2.75, 3.05) is 20.3 Å². The molecule has 0 heterocycles. The minimum absolute atomic E-state index is 0. The Morgan fingerprint density at radius 2 is 2.00 bits per heavy atom. The summed E-state index contributed by atoms with van der Waals surface area (Å²) in [7, 11) is 1.68. The Bertz CT molecular complexity index is 99.6. The van der Waals surface area contributed by atoms with E-state index in [-0.39, 0.29) is 7.33 Å². The highest BCUT2D eigenvalue weighted by atomic mass is 16.5. The predicted molar refractivity (Wildman–Crippen MR) is 53.3 cm³/mol. The number of carbonyl (C=O) groups is 1. The molecular weight excluding hydrogens is 154 g/mol. The molecule has 0 fully saturated rings. The molecule has 0 rings (SSSR count). The molecule has 0 saturated carbocycles. The van der Waals surface area contributed by atoms with Crippen molar-refractivity contribution >= 4 is 5.91 Å². The van der Waals surface area contributed by atoms with Crippen LogP contribution in [0.5, 0.6) is 0 Å². The molecule has 1 N–H and O–H groups in total. The molecule has 0 unspecified atom stereocenters. The standard InChI is InChI=1S/C7H15NO2.C2H6.H2/c1-7(9)8-5-3-4-6-10-2;1-2;/h3-6H2,1-2H3,(H,8,9);1-2H3;1H. The molecule has 0 aromatic heterocycles. The molecule has 0 atom stereocenters. The van der Waals surface area contributed by atoms with E-state index < -0.39 is 0 Å². The van der Waals surface area contributed by atoms with Crippen LogP contribution < -0.4 is 5.32 Å². The largest absolute Gasteiger partial charge is 0.385 e. The van der Waals surface area contributed by atoms with E-state index >= 15 is 0 Å². The van der Waals surface area contributed by atoms with Gasteiger partial charge in [0.1, 0.15) is 0 Å². The molecule has 0 aliphatic carbocycles. The molecule has 0 aromatic carbocycles. The normalized spacial score (nSPS) is 8.33. The number of hydrogen-bond acceptors (Lipinski definition) is 2. The number of rotatable bonds is 5. The average Bonchev–Trinajstić information content (AvgIpc) is 2.07. The van der Waals surface area contributed by atoms with Crippen LogP contribution in [0.1, 0.15) is 35.0 Å². The van der Waals surface area contributed by atoms with Crippen LogP contribution in [-0.2, 0) is 9.53 Å². The number of nitrogens with one attached hydrogen (secondary N) is 1. The van der Waals surface area contributed by atoms with Crippen LogP contribution in [0.3, 0.4) is 0 Å². The van der Waals surface area contributed by atoms with Gasteiger partial charge in [-0.3, -0.25) is 4.79 Å². The van der Waals surface area contributed by atoms with E-state index in [1.54, 1.807) is 7.11 Å². The zero-order valence-corrected chi connectivity index (χ0v) is 8.64. The predicted octanol–water partition coefficient (Wildman–Crippen LogP) is 1.82. The topological polar surface area (TPSA) is 38.3 Å². The zero-order chi connectivity index (χ0) is 9.82. The summed E-state index contributed by atoms with van der Waals surface area (Å²) < 4.78 is 4.84. The van der Waals surface area contributed by atoms with Crippen LogP contribution in [0.25, 0.3) is 0 Å². The lowest BCUT2D eigenvalue weighted by Gasteiger charge is -2.00. The number of carbonyl (C=O) groups excluding carboxylic acids is 1. The number of amides is 1. The molecule has 0 bridgehead atoms. The van der Waals surface area contributed by atoms with Crippen molar-refractivity contribution in [3.63, 3.8) is 0 Å². The van der Waals surface area contributed by atoms with Crippen molar-refractivity contribution in [2.45, 2.75) is 33.6 Å². The third-order valence-electron chi connectivity index (χ3n) is 1.15. The maximum Gasteiger partial charge on any atom is 0.216 e. The highest BCUT2D eigenvalue weighted by Gasteiger charge is 1.89. The first-order chi connectivity index (χ1) is 5.77. The smallest absolute Gasteiger partial charge is 0.216 e. The molecule has 3 nitrogen and oxygen atoms in total. The van der Waals surface area contributed by atoms with E-state index in [0.29, 0.717) is 0 Å². The van der Waals surface area contributed by atoms with Gasteiger partial charge in [-0.05, 0) is 12.8 Å². The van der Waals surface area contributed by atoms with Gasteiger partial charge in [-0.15, -0.1) is 0 Å². The maximum absolute atomic E-state index is 10.3. The lowest BCUT2D eigenvalue weighted by atomic mass is 10.3. The summed E-state index contributed by atoms with van der Waals surface area (Å²) in [6.07, 6.45) is 2.00. The molecule has 0 spiro atoms. The maximum atomic E-state index is 10.3. The second kappa shape index (κ2) is 13.1. The molecule has 0 radical (unpaired) electrons. The Morgan fingerprint density at radius 1 is 1.42 bits per heavy atom. The van der Waals surface area contributed by atoms with Gasteiger partial charge in [-0.2, -0.15) is 0 Å². The summed E-state index contributed by atoms with van der Waals surface area (Å²) in [6, 6.07) is 0. The third-order valence-corrected chi connectivity index (χ3v) is 1.15. The van der Waals surface area contributed by atoms with Crippen LogP contribution >= 0.6 is 0 Å². The van der Waals surface area contributed by atoms with E-state index in [1.807, 2.05) is 13.8 Å². The Hall–Kier alpha value is -0.570. The van der Waals surface area contributed by atoms with Crippen molar-refractivity contribution in [2.24, 2.45) is 0 Å². The van der Waals surface area contributed by atoms with Gasteiger partial charge < -0.3 is 10.1 Å². The van der Waals surface area contributed by atoms with E-state index in [2.05, 4.69) is 5.32 Å². The first-order valence-electron chi connectivity index (χ1n) is 4.50. The van der Waals surface area contributed by atoms with Gasteiger partial charge in [0.05, 0.1) is 0 Å². The highest BCUT2D eigenvalue weighted by Crippen LogP contribution is 1.85. The molecule has 0 aliphatic heterocycles. The minimum Gasteiger partial charge on any atom is -0.385 e. The summed E-state index contributed by atoms with van der Waals surface area (Å²) in [5, 5.41) is 2.71. The average molecular weight is 177 g/mol. The van der Waals surface area contributed by atoms with Crippen molar-refractivity contribution < 1.29 is 11.0 Å². The van der Waals surface area contributed by atoms with Crippen LogP contribution in [0.2, 0.25) is 0 Å². The summed E-state index contributed by atoms with van der Waals surface area (Å²) in [6.45, 7) is 7.06. The van der Waals surface area contributed by atoms with Gasteiger partial charge in [0, 0.05) is 28.6 Å². The fourth-order valence-corrected chi connectivity index (χ4v) is 0.636. The van der Waals surface area contributed by atoms with Crippen molar-refractivity contribution in [3.8, 4) is 0 Å². The van der Waals surface area contributed by atoms with Crippen LogP contribution in [-0.4, -0.2) is 26.2 Å². The van der Waals surface area contributed by atoms with E-state index in [1.165, 1.54) is 6.92 Å². The second-order valence-corrected chi connectivity index (χ2v) is 2.18. The number of methoxy groups -OCH3 is 1. The summed E-state index contributed by atoms with van der Waals surface area (Å²) in [5.41, 5.74) is 0. The van der Waals surface area contributed by atoms with Crippen LogP contribution in [0.15, 0.2) is 0 Å². The molecule has 0 aromatic rings. The first kappa shape index (κ1) is 14.0. The molecule has 12 heavy (non-hydrogen) atoms. The lowest BCUT2D eigenvalue weighted by molar-refractivity contribution is -0.118. The molecule has 3 heteroatoms. The van der Waals surface area contributed by atoms with Crippen molar-refractivity contribution in [1.29, 1.82) is 0 Å². The van der Waals surface area contributed by atoms with Gasteiger partial charge in [-0.25, -0.2) is 0 Å². The van der Waals surface area contributed by atoms with Crippen molar-refractivity contribution in [1.82, 2.24) is 5.32 Å². The van der Waals surface area contributed by atoms with E-state index in [9.17, 15) is 4.79 Å². The molecule has 0 saturated heterocycles. The Labute approximate surface area is 77.0 Å². The van der Waals surface area contributed by atoms with Gasteiger partial charge >= 0.3 is 0 Å². The fraction of sp³-hybridized carbons (Fsp3) is 0.889. The van der Waals surface area contributed by atoms with Gasteiger partial charge in [-0.1, -0.05) is 13.8 Å². The van der Waals surface area contributed by atoms with E-state index in [0.717, 1.165) is 26.0 Å². The summed E-state index contributed by atoms with van der Waals surface area (Å²) in [4.78, 5) is 10.3. The lowest BCUT2D eigenvalue weighted by Crippen LogP contribution is -2.20. The number of hydrogen-bond donors (Lipinski definition) is 1. The zero-order valence-electron chi connectivity index (χ0n) is 8.64. The van der Waals surface area contributed by atoms with Gasteiger partial charge in [0.15, 0.2) is 0 Å².